The van der Waals surface area contributed by atoms with E-state index in [0.717, 1.165) is 55.0 Å². The molecule has 0 amide bonds. The summed E-state index contributed by atoms with van der Waals surface area (Å²) in [4.78, 5) is 29.8. The van der Waals surface area contributed by atoms with Gasteiger partial charge in [-0.2, -0.15) is 9.49 Å². The molecule has 2 aliphatic heterocycles. The maximum absolute atomic E-state index is 14.6. The summed E-state index contributed by atoms with van der Waals surface area (Å²) in [5.41, 5.74) is 4.50. The van der Waals surface area contributed by atoms with Crippen molar-refractivity contribution in [2.75, 3.05) is 53.0 Å². The van der Waals surface area contributed by atoms with Crippen LogP contribution in [0.15, 0.2) is 95.8 Å². The monoisotopic (exact) mass is 1000 g/mol. The minimum atomic E-state index is -1.11. The number of ether oxygens (including phenoxy) is 4. The van der Waals surface area contributed by atoms with Crippen molar-refractivity contribution in [1.82, 2.24) is 29.5 Å². The molecule has 0 unspecified atom stereocenters. The Labute approximate surface area is 423 Å². The highest BCUT2D eigenvalue weighted by atomic mass is 35.5. The molecule has 0 bridgehead atoms. The van der Waals surface area contributed by atoms with Gasteiger partial charge in [0.1, 0.15) is 48.2 Å². The number of aryl methyl sites for hydroxylation is 1. The van der Waals surface area contributed by atoms with Crippen LogP contribution in [0.25, 0.3) is 32.0 Å². The first kappa shape index (κ1) is 50.3. The molecule has 2 fully saturated rings. The molecule has 6 heterocycles. The number of furan rings is 1. The van der Waals surface area contributed by atoms with Gasteiger partial charge in [-0.3, -0.25) is 14.4 Å². The maximum Gasteiger partial charge on any atom is 0.494 e. The molecule has 14 nitrogen and oxygen atoms in total. The summed E-state index contributed by atoms with van der Waals surface area (Å²) in [6.07, 6.45) is 2.14. The number of likely N-dealkylation sites (N-methyl/N-ethyl adjacent to an activating group) is 1. The van der Waals surface area contributed by atoms with E-state index in [1.165, 1.54) is 23.7 Å². The quantitative estimate of drug-likeness (QED) is 0.0673. The molecule has 0 aliphatic carbocycles. The number of carbonyl (C=O) groups excluding carboxylic acids is 1. The Balaban J connectivity index is 1.01. The zero-order chi connectivity index (χ0) is 49.9. The lowest BCUT2D eigenvalue weighted by Crippen LogP contribution is -2.45. The number of carbonyl (C=O) groups is 1. The van der Waals surface area contributed by atoms with E-state index in [2.05, 4.69) is 31.9 Å². The fraction of sp³-hybridized carbons (Fsp3) is 0.396. The molecule has 0 radical (unpaired) electrons. The number of fused-ring (bicyclic) bond motifs is 1. The standard InChI is InChI=1S/C53H59BClFN6O8S/c1-8-62-38(21-22-59-62)31-66-41-12-10-9-11-36(41)29-44(40(63)32-64-30-35-13-15-37(16-14-35)54-69-52(3,4)53(5,6)70-54)68-50-47-46(49(43-19-20-45(56)67-43)71-51(47)58-33-57-50)39-17-18-42(48(55)34(39)2)65-28-27-61-25-23-60(7)24-26-61/h9-22,33,44H,8,23-32H2,1-7H3/t44-/m1/s1. The summed E-state index contributed by atoms with van der Waals surface area (Å²) >= 11 is 8.42. The predicted molar refractivity (Wildman–Crippen MR) is 273 cm³/mol. The van der Waals surface area contributed by atoms with E-state index in [1.54, 1.807) is 12.3 Å². The van der Waals surface area contributed by atoms with Crippen LogP contribution in [0.4, 0.5) is 4.39 Å². The van der Waals surface area contributed by atoms with Crippen LogP contribution in [0.2, 0.25) is 5.02 Å². The van der Waals surface area contributed by atoms with Crippen molar-refractivity contribution in [3.63, 3.8) is 0 Å². The fourth-order valence-electron chi connectivity index (χ4n) is 8.66. The van der Waals surface area contributed by atoms with Gasteiger partial charge in [0.15, 0.2) is 11.9 Å². The number of rotatable bonds is 20. The van der Waals surface area contributed by atoms with Gasteiger partial charge < -0.3 is 37.6 Å². The van der Waals surface area contributed by atoms with E-state index >= 15 is 0 Å². The number of Topliss-reactive ketones (excluding diaryl/α,β-unsaturated/α-hetero) is 1. The van der Waals surface area contributed by atoms with Crippen molar-refractivity contribution in [3.8, 4) is 39.1 Å². The zero-order valence-corrected chi connectivity index (χ0v) is 42.8. The van der Waals surface area contributed by atoms with Crippen molar-refractivity contribution >= 4 is 51.5 Å². The summed E-state index contributed by atoms with van der Waals surface area (Å²) in [7, 11) is 1.63. The zero-order valence-electron chi connectivity index (χ0n) is 41.2. The molecule has 71 heavy (non-hydrogen) atoms. The van der Waals surface area contributed by atoms with Crippen LogP contribution in [0.1, 0.15) is 57.0 Å². The van der Waals surface area contributed by atoms with Crippen molar-refractivity contribution in [3.05, 3.63) is 125 Å². The number of thiophene rings is 1. The summed E-state index contributed by atoms with van der Waals surface area (Å²) in [5, 5.41) is 5.32. The number of hydrogen-bond donors (Lipinski definition) is 0. The summed E-state index contributed by atoms with van der Waals surface area (Å²) in [6, 6.07) is 23.1. The largest absolute Gasteiger partial charge is 0.494 e. The summed E-state index contributed by atoms with van der Waals surface area (Å²) < 4.78 is 60.2. The third-order valence-electron chi connectivity index (χ3n) is 13.6. The van der Waals surface area contributed by atoms with Gasteiger partial charge in [0, 0.05) is 63.5 Å². The van der Waals surface area contributed by atoms with Gasteiger partial charge in [-0.15, -0.1) is 11.3 Å². The molecule has 2 aliphatic rings. The molecule has 2 saturated heterocycles. The van der Waals surface area contributed by atoms with Gasteiger partial charge in [0.2, 0.25) is 5.88 Å². The topological polar surface area (TPSA) is 136 Å². The van der Waals surface area contributed by atoms with Crippen molar-refractivity contribution in [2.45, 2.75) is 85.0 Å². The second-order valence-electron chi connectivity index (χ2n) is 18.9. The number of benzene rings is 3. The van der Waals surface area contributed by atoms with Crippen LogP contribution >= 0.6 is 22.9 Å². The molecule has 0 saturated carbocycles. The Morgan fingerprint density at radius 2 is 1.68 bits per heavy atom. The molecular weight excluding hydrogens is 946 g/mol. The van der Waals surface area contributed by atoms with Crippen LogP contribution in [-0.4, -0.2) is 113 Å². The Hall–Kier alpha value is -5.66. The molecule has 18 heteroatoms. The van der Waals surface area contributed by atoms with Crippen LogP contribution in [-0.2, 0) is 45.0 Å². The summed E-state index contributed by atoms with van der Waals surface area (Å²) in [5.74, 6) is 1.24. The van der Waals surface area contributed by atoms with Gasteiger partial charge in [-0.05, 0) is 101 Å². The first-order valence-electron chi connectivity index (χ1n) is 24.0. The molecular formula is C53H59BClFN6O8S. The number of halogens is 2. The first-order chi connectivity index (χ1) is 34.2. The molecule has 4 aromatic heterocycles. The Kier molecular flexibility index (Phi) is 15.3. The van der Waals surface area contributed by atoms with E-state index in [-0.39, 0.29) is 43.7 Å². The van der Waals surface area contributed by atoms with E-state index in [4.69, 9.17) is 44.3 Å². The van der Waals surface area contributed by atoms with E-state index in [1.807, 2.05) is 113 Å². The number of nitrogens with zero attached hydrogens (tertiary/aromatic N) is 6. The minimum Gasteiger partial charge on any atom is -0.491 e. The third-order valence-corrected chi connectivity index (χ3v) is 15.2. The summed E-state index contributed by atoms with van der Waals surface area (Å²) in [6.45, 7) is 18.1. The van der Waals surface area contributed by atoms with Gasteiger partial charge in [0.05, 0.1) is 38.8 Å². The van der Waals surface area contributed by atoms with Gasteiger partial charge >= 0.3 is 7.12 Å². The van der Waals surface area contributed by atoms with E-state index in [0.29, 0.717) is 61.5 Å². The molecule has 9 rings (SSSR count). The molecule has 7 aromatic rings. The lowest BCUT2D eigenvalue weighted by atomic mass is 9.79. The van der Waals surface area contributed by atoms with Crippen LogP contribution < -0.4 is 19.7 Å². The highest BCUT2D eigenvalue weighted by molar-refractivity contribution is 7.22. The lowest BCUT2D eigenvalue weighted by Gasteiger charge is -2.32. The van der Waals surface area contributed by atoms with Gasteiger partial charge in [0.25, 0.3) is 6.01 Å². The third kappa shape index (κ3) is 11.2. The lowest BCUT2D eigenvalue weighted by molar-refractivity contribution is -0.131. The maximum atomic E-state index is 14.6. The Morgan fingerprint density at radius 3 is 2.41 bits per heavy atom. The smallest absolute Gasteiger partial charge is 0.491 e. The van der Waals surface area contributed by atoms with Crippen molar-refractivity contribution < 1.29 is 41.9 Å². The normalized spacial score (nSPS) is 16.4. The van der Waals surface area contributed by atoms with Gasteiger partial charge in [-0.25, -0.2) is 9.97 Å². The Bertz CT molecular complexity index is 2960. The molecule has 3 aromatic carbocycles. The molecule has 0 N–H and O–H groups in total. The fourth-order valence-corrected chi connectivity index (χ4v) is 9.99. The van der Waals surface area contributed by atoms with E-state index in [9.17, 15) is 9.18 Å². The number of para-hydroxylation sites is 1. The second kappa shape index (κ2) is 21.6. The second-order valence-corrected chi connectivity index (χ2v) is 20.3. The SMILES string of the molecule is CCn1nccc1COc1ccccc1C[C@@H](Oc1ncnc2sc(-c3ccc(F)o3)c(-c3ccc(OCCN4CCN(C)CC4)c(Cl)c3C)c12)C(=O)COCc1ccc(B2OC(C)(C)C(C)(C)O2)cc1. The molecule has 372 valence electrons. The molecule has 0 spiro atoms. The van der Waals surface area contributed by atoms with Crippen LogP contribution in [0, 0.1) is 12.9 Å². The highest BCUT2D eigenvalue weighted by Gasteiger charge is 2.51. The number of hydrogen-bond acceptors (Lipinski definition) is 14. The Morgan fingerprint density at radius 1 is 0.915 bits per heavy atom. The average molecular weight is 1010 g/mol. The van der Waals surface area contributed by atoms with Crippen molar-refractivity contribution in [2.24, 2.45) is 0 Å². The van der Waals surface area contributed by atoms with E-state index < -0.39 is 30.4 Å². The van der Waals surface area contributed by atoms with Crippen LogP contribution in [0.5, 0.6) is 17.4 Å². The highest BCUT2D eigenvalue weighted by Crippen LogP contribution is 2.50. The number of piperazine rings is 1. The van der Waals surface area contributed by atoms with Crippen molar-refractivity contribution in [1.29, 1.82) is 0 Å². The predicted octanol–water partition coefficient (Wildman–Crippen LogP) is 9.22. The average Bonchev–Trinajstić information content (AvgIpc) is 4.15. The first-order valence-corrected chi connectivity index (χ1v) is 25.2. The molecule has 1 atom stereocenters. The van der Waals surface area contributed by atoms with Gasteiger partial charge in [-0.1, -0.05) is 60.1 Å². The minimum absolute atomic E-state index is 0.112. The number of ketones is 1. The number of aromatic nitrogens is 4. The van der Waals surface area contributed by atoms with Crippen LogP contribution in [0.3, 0.4) is 0 Å².